The first-order chi connectivity index (χ1) is 13.9. The highest BCUT2D eigenvalue weighted by atomic mass is 35.5. The fourth-order valence-corrected chi connectivity index (χ4v) is 5.12. The largest absolute Gasteiger partial charge is 0.481 e. The Morgan fingerprint density at radius 2 is 1.86 bits per heavy atom. The van der Waals surface area contributed by atoms with E-state index in [9.17, 15) is 15.2 Å². The number of aromatic nitrogens is 1. The third-order valence-electron chi connectivity index (χ3n) is 6.35. The first-order valence-electron chi connectivity index (χ1n) is 9.76. The number of fused-ring (bicyclic) bond motifs is 3. The van der Waals surface area contributed by atoms with Gasteiger partial charge in [-0.05, 0) is 50.0 Å². The fraction of sp³-hybridized carbons (Fsp3) is 0.409. The van der Waals surface area contributed by atoms with Crippen LogP contribution in [0.5, 0.6) is 0 Å². The third kappa shape index (κ3) is 3.44. The number of nitriles is 1. The van der Waals surface area contributed by atoms with E-state index in [1.165, 1.54) is 0 Å². The Labute approximate surface area is 173 Å². The molecule has 0 radical (unpaired) electrons. The van der Waals surface area contributed by atoms with Crippen LogP contribution in [0.3, 0.4) is 0 Å². The summed E-state index contributed by atoms with van der Waals surface area (Å²) < 4.78 is 15.5. The number of carbonyl (C=O) groups is 1. The molecule has 5 rings (SSSR count). The number of rotatable bonds is 4. The van der Waals surface area contributed by atoms with E-state index in [0.717, 1.165) is 31.2 Å². The molecule has 1 aromatic heterocycles. The number of aliphatic carboxylic acids is 1. The molecule has 3 saturated carbocycles. The van der Waals surface area contributed by atoms with Crippen molar-refractivity contribution < 1.29 is 14.3 Å². The van der Waals surface area contributed by atoms with E-state index >= 15 is 4.39 Å². The number of hydrogen-bond donors (Lipinski definition) is 2. The minimum absolute atomic E-state index is 0.0291. The Hall–Kier alpha value is -2.65. The molecule has 2 unspecified atom stereocenters. The van der Waals surface area contributed by atoms with Gasteiger partial charge in [-0.1, -0.05) is 41.4 Å². The first-order valence-corrected chi connectivity index (χ1v) is 10.1. The summed E-state index contributed by atoms with van der Waals surface area (Å²) in [4.78, 5) is 16.0. The molecule has 3 aliphatic carbocycles. The number of pyridine rings is 1. The minimum atomic E-state index is -0.865. The smallest absolute Gasteiger partial charge is 0.308 e. The second kappa shape index (κ2) is 7.64. The average molecular weight is 414 g/mol. The van der Waals surface area contributed by atoms with Crippen LogP contribution in [0.1, 0.15) is 36.8 Å². The molecule has 1 heterocycles. The predicted octanol–water partition coefficient (Wildman–Crippen LogP) is 5.02. The maximum Gasteiger partial charge on any atom is 0.308 e. The number of benzene rings is 1. The van der Waals surface area contributed by atoms with Crippen molar-refractivity contribution in [2.45, 2.75) is 38.6 Å². The highest BCUT2D eigenvalue weighted by Gasteiger charge is 2.47. The van der Waals surface area contributed by atoms with Crippen LogP contribution >= 0.6 is 11.6 Å². The van der Waals surface area contributed by atoms with E-state index in [4.69, 9.17) is 11.6 Å². The number of aryl methyl sites for hydroxylation is 1. The van der Waals surface area contributed by atoms with E-state index in [1.807, 2.05) is 25.1 Å². The Morgan fingerprint density at radius 1 is 1.24 bits per heavy atom. The maximum atomic E-state index is 15.5. The molecule has 0 spiro atoms. The van der Waals surface area contributed by atoms with Crippen molar-refractivity contribution >= 4 is 23.4 Å². The number of halogens is 2. The summed E-state index contributed by atoms with van der Waals surface area (Å²) in [7, 11) is 0. The van der Waals surface area contributed by atoms with Crippen LogP contribution in [0.2, 0.25) is 5.15 Å². The van der Waals surface area contributed by atoms with Gasteiger partial charge in [0.2, 0.25) is 0 Å². The maximum absolute atomic E-state index is 15.5. The predicted molar refractivity (Wildman–Crippen MR) is 108 cm³/mol. The van der Waals surface area contributed by atoms with Gasteiger partial charge in [-0.2, -0.15) is 5.26 Å². The number of hydrogen-bond acceptors (Lipinski definition) is 4. The lowest BCUT2D eigenvalue weighted by Crippen LogP contribution is -2.51. The summed E-state index contributed by atoms with van der Waals surface area (Å²) in [6.45, 7) is 1.92. The van der Waals surface area contributed by atoms with Gasteiger partial charge in [-0.15, -0.1) is 0 Å². The second-order valence-corrected chi connectivity index (χ2v) is 8.36. The van der Waals surface area contributed by atoms with Crippen molar-refractivity contribution in [2.75, 3.05) is 5.32 Å². The SMILES string of the molecule is Cc1ccc(-c2c(F)c(NC3C4CCC(CC4)C3C(=O)O)nc(Cl)c2C#N)cc1. The summed E-state index contributed by atoms with van der Waals surface area (Å²) in [5, 5.41) is 22.2. The molecule has 2 bridgehead atoms. The molecule has 2 atom stereocenters. The van der Waals surface area contributed by atoms with Crippen molar-refractivity contribution in [1.29, 1.82) is 5.26 Å². The Kier molecular flexibility index (Phi) is 5.18. The fourth-order valence-electron chi connectivity index (χ4n) is 4.89. The average Bonchev–Trinajstić information content (AvgIpc) is 2.71. The Bertz CT molecular complexity index is 995. The molecule has 2 N–H and O–H groups in total. The number of nitrogens with zero attached hydrogens (tertiary/aromatic N) is 2. The topological polar surface area (TPSA) is 86.0 Å². The van der Waals surface area contributed by atoms with Gasteiger partial charge in [0.1, 0.15) is 16.8 Å². The zero-order chi connectivity index (χ0) is 20.7. The highest BCUT2D eigenvalue weighted by Crippen LogP contribution is 2.47. The van der Waals surface area contributed by atoms with Gasteiger partial charge in [0.25, 0.3) is 0 Å². The molecule has 5 nitrogen and oxygen atoms in total. The van der Waals surface area contributed by atoms with E-state index < -0.39 is 23.7 Å². The van der Waals surface area contributed by atoms with Crippen molar-refractivity contribution in [3.8, 4) is 17.2 Å². The van der Waals surface area contributed by atoms with Crippen molar-refractivity contribution in [1.82, 2.24) is 4.98 Å². The molecule has 0 aliphatic heterocycles. The summed E-state index contributed by atoms with van der Waals surface area (Å²) in [5.41, 5.74) is 1.59. The zero-order valence-corrected chi connectivity index (χ0v) is 16.7. The monoisotopic (exact) mass is 413 g/mol. The number of carboxylic acid groups (broad SMARTS) is 1. The van der Waals surface area contributed by atoms with Crippen LogP contribution < -0.4 is 5.32 Å². The van der Waals surface area contributed by atoms with Gasteiger partial charge in [0, 0.05) is 11.6 Å². The van der Waals surface area contributed by atoms with E-state index in [0.29, 0.717) is 5.56 Å². The van der Waals surface area contributed by atoms with Gasteiger partial charge in [0.15, 0.2) is 11.6 Å². The lowest BCUT2D eigenvalue weighted by Gasteiger charge is -2.47. The van der Waals surface area contributed by atoms with Crippen LogP contribution in [-0.4, -0.2) is 22.1 Å². The summed E-state index contributed by atoms with van der Waals surface area (Å²) >= 11 is 6.23. The Morgan fingerprint density at radius 3 is 2.45 bits per heavy atom. The van der Waals surface area contributed by atoms with Crippen LogP contribution in [0.15, 0.2) is 24.3 Å². The number of anilines is 1. The van der Waals surface area contributed by atoms with Crippen molar-refractivity contribution in [2.24, 2.45) is 17.8 Å². The highest BCUT2D eigenvalue weighted by molar-refractivity contribution is 6.31. The molecule has 0 saturated heterocycles. The molecule has 7 heteroatoms. The summed E-state index contributed by atoms with van der Waals surface area (Å²) in [6, 6.07) is 8.67. The standard InChI is InChI=1S/C22H21ClFN3O2/c1-11-2-4-12(5-3-11)16-15(10-25)20(23)27-21(18(16)24)26-19-14-8-6-13(7-9-14)17(19)22(28)29/h2-5,13-14,17,19H,6-9H2,1H3,(H,26,27)(H,28,29). The lowest BCUT2D eigenvalue weighted by atomic mass is 9.61. The van der Waals surface area contributed by atoms with Gasteiger partial charge < -0.3 is 10.4 Å². The quantitative estimate of drug-likeness (QED) is 0.687. The molecule has 3 fully saturated rings. The molecule has 3 aliphatic rings. The minimum Gasteiger partial charge on any atom is -0.481 e. The summed E-state index contributed by atoms with van der Waals surface area (Å²) in [5.74, 6) is -1.98. The van der Waals surface area contributed by atoms with Crippen LogP contribution in [0, 0.1) is 41.8 Å². The third-order valence-corrected chi connectivity index (χ3v) is 6.63. The number of nitrogens with one attached hydrogen (secondary N) is 1. The molecule has 1 aromatic carbocycles. The Balaban J connectivity index is 1.78. The van der Waals surface area contributed by atoms with E-state index in [1.54, 1.807) is 12.1 Å². The van der Waals surface area contributed by atoms with Gasteiger partial charge in [-0.25, -0.2) is 9.37 Å². The molecule has 150 valence electrons. The lowest BCUT2D eigenvalue weighted by molar-refractivity contribution is -0.148. The summed E-state index contributed by atoms with van der Waals surface area (Å²) in [6.07, 6.45) is 3.61. The van der Waals surface area contributed by atoms with Gasteiger partial charge in [0.05, 0.1) is 5.92 Å². The van der Waals surface area contributed by atoms with E-state index in [2.05, 4.69) is 10.3 Å². The van der Waals surface area contributed by atoms with E-state index in [-0.39, 0.29) is 33.9 Å². The van der Waals surface area contributed by atoms with Crippen LogP contribution in [0.4, 0.5) is 10.2 Å². The molecule has 2 aromatic rings. The normalized spacial score (nSPS) is 25.4. The molecule has 0 amide bonds. The number of carboxylic acids is 1. The van der Waals surface area contributed by atoms with Crippen molar-refractivity contribution in [3.63, 3.8) is 0 Å². The van der Waals surface area contributed by atoms with Crippen LogP contribution in [0.25, 0.3) is 11.1 Å². The van der Waals surface area contributed by atoms with Crippen LogP contribution in [-0.2, 0) is 4.79 Å². The van der Waals surface area contributed by atoms with Crippen molar-refractivity contribution in [3.05, 3.63) is 46.4 Å². The molecular weight excluding hydrogens is 393 g/mol. The zero-order valence-electron chi connectivity index (χ0n) is 16.0. The first kappa shape index (κ1) is 19.7. The van der Waals surface area contributed by atoms with Gasteiger partial charge >= 0.3 is 5.97 Å². The molecular formula is C22H21ClFN3O2. The van der Waals surface area contributed by atoms with Gasteiger partial charge in [-0.3, -0.25) is 4.79 Å². The molecule has 29 heavy (non-hydrogen) atoms. The second-order valence-electron chi connectivity index (χ2n) is 8.00.